The summed E-state index contributed by atoms with van der Waals surface area (Å²) in [4.78, 5) is 0. The number of hydrogen-bond donors (Lipinski definition) is 1. The first kappa shape index (κ1) is 24.2. The van der Waals surface area contributed by atoms with Crippen LogP contribution < -0.4 is 10.1 Å². The van der Waals surface area contributed by atoms with E-state index in [1.54, 1.807) is 0 Å². The van der Waals surface area contributed by atoms with Crippen LogP contribution >= 0.6 is 35.9 Å². The van der Waals surface area contributed by atoms with Crippen LogP contribution in [0.25, 0.3) is 0 Å². The summed E-state index contributed by atoms with van der Waals surface area (Å²) in [6, 6.07) is 8.56. The molecule has 0 amide bonds. The van der Waals surface area contributed by atoms with Crippen molar-refractivity contribution in [1.82, 2.24) is 5.32 Å². The molecule has 2 nitrogen and oxygen atoms in total. The van der Waals surface area contributed by atoms with Gasteiger partial charge in [0.1, 0.15) is 5.75 Å². The van der Waals surface area contributed by atoms with Crippen LogP contribution in [0.1, 0.15) is 43.8 Å². The summed E-state index contributed by atoms with van der Waals surface area (Å²) in [5.74, 6) is 3.44. The number of halogens is 1. The molecule has 0 aliphatic carbocycles. The Balaban J connectivity index is 0. The predicted octanol–water partition coefficient (Wildman–Crippen LogP) is 5.63. The predicted molar refractivity (Wildman–Crippen MR) is 108 cm³/mol. The van der Waals surface area contributed by atoms with Gasteiger partial charge in [0.25, 0.3) is 0 Å². The number of rotatable bonds is 9. The number of nitrogens with one attached hydrogen (secondary N) is 1. The van der Waals surface area contributed by atoms with E-state index in [0.29, 0.717) is 4.58 Å². The standard InChI is InChI=1S/C15H24OS2.C2H7N.ClH/c1-4-10-17-15(18-11-5-2)13-8-7-9-14(12-13)16-6-3;1-3-2;/h7-9,12,15H,4-6,10-11H2,1-3H3;3H,1-2H3;1H. The fraction of sp³-hybridized carbons (Fsp3) is 0.647. The van der Waals surface area contributed by atoms with Crippen molar-refractivity contribution in [2.24, 2.45) is 0 Å². The molecule has 1 N–H and O–H groups in total. The zero-order chi connectivity index (χ0) is 15.9. The van der Waals surface area contributed by atoms with E-state index in [2.05, 4.69) is 37.4 Å². The highest BCUT2D eigenvalue weighted by Gasteiger charge is 2.12. The SMILES string of the molecule is CCCSC(SCCC)c1cccc(OCC)c1.CNC.Cl. The van der Waals surface area contributed by atoms with Gasteiger partial charge in [0.2, 0.25) is 0 Å². The second kappa shape index (κ2) is 17.3. The highest BCUT2D eigenvalue weighted by Crippen LogP contribution is 2.40. The quantitative estimate of drug-likeness (QED) is 0.572. The third kappa shape index (κ3) is 11.5. The van der Waals surface area contributed by atoms with Crippen LogP contribution in [0.15, 0.2) is 24.3 Å². The smallest absolute Gasteiger partial charge is 0.119 e. The van der Waals surface area contributed by atoms with Gasteiger partial charge in [-0.1, -0.05) is 26.0 Å². The Morgan fingerprint density at radius 1 is 1.05 bits per heavy atom. The molecular weight excluding hydrogens is 334 g/mol. The Hall–Kier alpha value is -0.0300. The highest BCUT2D eigenvalue weighted by atomic mass is 35.5. The van der Waals surface area contributed by atoms with Crippen molar-refractivity contribution in [2.75, 3.05) is 32.2 Å². The molecule has 0 heterocycles. The summed E-state index contributed by atoms with van der Waals surface area (Å²) in [5, 5.41) is 2.75. The van der Waals surface area contributed by atoms with Crippen molar-refractivity contribution >= 4 is 35.9 Å². The van der Waals surface area contributed by atoms with E-state index < -0.39 is 0 Å². The Morgan fingerprint density at radius 3 is 2.05 bits per heavy atom. The Labute approximate surface area is 152 Å². The lowest BCUT2D eigenvalue weighted by atomic mass is 10.2. The minimum Gasteiger partial charge on any atom is -0.494 e. The van der Waals surface area contributed by atoms with Crippen LogP contribution in [0.2, 0.25) is 0 Å². The lowest BCUT2D eigenvalue weighted by Gasteiger charge is -2.17. The largest absolute Gasteiger partial charge is 0.494 e. The topological polar surface area (TPSA) is 21.3 Å². The third-order valence-electron chi connectivity index (χ3n) is 2.39. The monoisotopic (exact) mass is 365 g/mol. The summed E-state index contributed by atoms with van der Waals surface area (Å²) >= 11 is 4.10. The first-order valence-corrected chi connectivity index (χ1v) is 9.87. The van der Waals surface area contributed by atoms with Gasteiger partial charge in [-0.05, 0) is 63.1 Å². The number of benzene rings is 1. The highest BCUT2D eigenvalue weighted by molar-refractivity contribution is 8.16. The van der Waals surface area contributed by atoms with Crippen LogP contribution in [-0.2, 0) is 0 Å². The fourth-order valence-electron chi connectivity index (χ4n) is 1.61. The Bertz CT molecular complexity index is 345. The second-order valence-corrected chi connectivity index (χ2v) is 7.30. The maximum absolute atomic E-state index is 5.59. The van der Waals surface area contributed by atoms with E-state index in [0.717, 1.165) is 12.4 Å². The zero-order valence-electron chi connectivity index (χ0n) is 14.6. The van der Waals surface area contributed by atoms with Crippen molar-refractivity contribution in [1.29, 1.82) is 0 Å². The molecule has 0 atom stereocenters. The minimum absolute atomic E-state index is 0. The molecule has 0 saturated heterocycles. The molecule has 1 aromatic carbocycles. The number of thioether (sulfide) groups is 2. The van der Waals surface area contributed by atoms with E-state index in [4.69, 9.17) is 4.74 Å². The first-order chi connectivity index (χ1) is 10.2. The molecule has 130 valence electrons. The molecule has 0 radical (unpaired) electrons. The lowest BCUT2D eigenvalue weighted by Crippen LogP contribution is -1.96. The van der Waals surface area contributed by atoms with Crippen molar-refractivity contribution in [3.8, 4) is 5.75 Å². The van der Waals surface area contributed by atoms with Crippen LogP contribution in [0.5, 0.6) is 5.75 Å². The van der Waals surface area contributed by atoms with Gasteiger partial charge in [-0.2, -0.15) is 0 Å². The van der Waals surface area contributed by atoms with Crippen molar-refractivity contribution < 1.29 is 4.74 Å². The molecule has 0 unspecified atom stereocenters. The molecular formula is C17H32ClNOS2. The normalized spacial score (nSPS) is 9.73. The Kier molecular flexibility index (Phi) is 19.1. The summed E-state index contributed by atoms with van der Waals surface area (Å²) in [6.45, 7) is 7.25. The molecule has 5 heteroatoms. The van der Waals surface area contributed by atoms with Crippen molar-refractivity contribution in [3.05, 3.63) is 29.8 Å². The lowest BCUT2D eigenvalue weighted by molar-refractivity contribution is 0.340. The van der Waals surface area contributed by atoms with E-state index >= 15 is 0 Å². The molecule has 0 aliphatic rings. The third-order valence-corrected chi connectivity index (χ3v) is 5.64. The fourth-order valence-corrected chi connectivity index (χ4v) is 4.15. The molecule has 0 spiro atoms. The average molecular weight is 366 g/mol. The summed E-state index contributed by atoms with van der Waals surface area (Å²) in [5.41, 5.74) is 1.39. The first-order valence-electron chi connectivity index (χ1n) is 7.77. The Morgan fingerprint density at radius 2 is 1.59 bits per heavy atom. The molecule has 0 fully saturated rings. The van der Waals surface area contributed by atoms with E-state index in [1.165, 1.54) is 29.9 Å². The van der Waals surface area contributed by atoms with E-state index in [9.17, 15) is 0 Å². The molecule has 22 heavy (non-hydrogen) atoms. The summed E-state index contributed by atoms with van der Waals surface area (Å²) < 4.78 is 6.13. The minimum atomic E-state index is 0. The molecule has 0 saturated carbocycles. The van der Waals surface area contributed by atoms with Gasteiger partial charge in [0.05, 0.1) is 11.2 Å². The molecule has 0 aromatic heterocycles. The second-order valence-electron chi connectivity index (χ2n) is 4.58. The van der Waals surface area contributed by atoms with E-state index in [-0.39, 0.29) is 12.4 Å². The summed E-state index contributed by atoms with van der Waals surface area (Å²) in [6.07, 6.45) is 2.47. The van der Waals surface area contributed by atoms with Gasteiger partial charge >= 0.3 is 0 Å². The van der Waals surface area contributed by atoms with Crippen LogP contribution in [0.3, 0.4) is 0 Å². The van der Waals surface area contributed by atoms with E-state index in [1.807, 2.05) is 50.6 Å². The zero-order valence-corrected chi connectivity index (χ0v) is 17.0. The number of ether oxygens (including phenoxy) is 1. The summed E-state index contributed by atoms with van der Waals surface area (Å²) in [7, 11) is 3.75. The maximum Gasteiger partial charge on any atom is 0.119 e. The van der Waals surface area contributed by atoms with Gasteiger partial charge in [0.15, 0.2) is 0 Å². The van der Waals surface area contributed by atoms with Gasteiger partial charge in [-0.15, -0.1) is 35.9 Å². The maximum atomic E-state index is 5.59. The van der Waals surface area contributed by atoms with Crippen molar-refractivity contribution in [2.45, 2.75) is 38.2 Å². The van der Waals surface area contributed by atoms with Crippen molar-refractivity contribution in [3.63, 3.8) is 0 Å². The molecule has 1 aromatic rings. The molecule has 1 rings (SSSR count). The van der Waals surface area contributed by atoms with Gasteiger partial charge in [-0.25, -0.2) is 0 Å². The van der Waals surface area contributed by atoms with Gasteiger partial charge < -0.3 is 10.1 Å². The molecule has 0 aliphatic heterocycles. The van der Waals surface area contributed by atoms with Gasteiger partial charge in [0, 0.05) is 0 Å². The van der Waals surface area contributed by atoms with Crippen LogP contribution in [0.4, 0.5) is 0 Å². The van der Waals surface area contributed by atoms with Gasteiger partial charge in [-0.3, -0.25) is 0 Å². The average Bonchev–Trinajstić information content (AvgIpc) is 2.49. The number of hydrogen-bond acceptors (Lipinski definition) is 4. The van der Waals surface area contributed by atoms with Crippen LogP contribution in [-0.4, -0.2) is 32.2 Å². The molecule has 0 bridgehead atoms. The van der Waals surface area contributed by atoms with Crippen LogP contribution in [0, 0.1) is 0 Å².